The molecule has 2 amide bonds. The first-order valence-corrected chi connectivity index (χ1v) is 9.59. The summed E-state index contributed by atoms with van der Waals surface area (Å²) in [7, 11) is 1.60. The van der Waals surface area contributed by atoms with Crippen molar-refractivity contribution in [3.05, 3.63) is 29.8 Å². The highest BCUT2D eigenvalue weighted by molar-refractivity contribution is 5.87. The molecule has 28 heavy (non-hydrogen) atoms. The third kappa shape index (κ3) is 5.03. The predicted octanol–water partition coefficient (Wildman–Crippen LogP) is 2.29. The van der Waals surface area contributed by atoms with Gasteiger partial charge in [-0.05, 0) is 50.8 Å². The van der Waals surface area contributed by atoms with Gasteiger partial charge in [0.2, 0.25) is 11.8 Å². The van der Waals surface area contributed by atoms with Gasteiger partial charge in [-0.1, -0.05) is 12.1 Å². The van der Waals surface area contributed by atoms with Crippen LogP contribution in [-0.4, -0.2) is 65.5 Å². The number of methoxy groups -OCH3 is 1. The Morgan fingerprint density at radius 3 is 2.36 bits per heavy atom. The molecule has 1 aromatic rings. The molecule has 1 aliphatic rings. The zero-order valence-corrected chi connectivity index (χ0v) is 17.1. The maximum Gasteiger partial charge on any atom is 0.323 e. The number of amides is 2. The molecule has 0 aliphatic carbocycles. The standard InChI is InChI=1S/C21H30N2O5/c1-15(24)23(14-19(25)26)17-6-5-12-22(13-11-17)20(27)21(2,3)16-7-9-18(28-4)10-8-16/h7-10,17H,5-6,11-14H2,1-4H3,(H,25,26). The number of carboxylic acids is 1. The lowest BCUT2D eigenvalue weighted by Gasteiger charge is -2.32. The lowest BCUT2D eigenvalue weighted by atomic mass is 9.83. The molecule has 1 aliphatic heterocycles. The molecular weight excluding hydrogens is 360 g/mol. The fourth-order valence-electron chi connectivity index (χ4n) is 3.76. The summed E-state index contributed by atoms with van der Waals surface area (Å²) in [6, 6.07) is 7.35. The summed E-state index contributed by atoms with van der Waals surface area (Å²) in [4.78, 5) is 39.4. The predicted molar refractivity (Wildman–Crippen MR) is 105 cm³/mol. The summed E-state index contributed by atoms with van der Waals surface area (Å²) in [5, 5.41) is 9.08. The molecule has 1 aromatic carbocycles. The Morgan fingerprint density at radius 1 is 1.18 bits per heavy atom. The first-order valence-electron chi connectivity index (χ1n) is 9.59. The minimum Gasteiger partial charge on any atom is -0.497 e. The molecule has 1 saturated heterocycles. The first kappa shape index (κ1) is 21.7. The fourth-order valence-corrected chi connectivity index (χ4v) is 3.76. The number of rotatable bonds is 6. The van der Waals surface area contributed by atoms with E-state index in [1.165, 1.54) is 11.8 Å². The molecule has 0 saturated carbocycles. The topological polar surface area (TPSA) is 87.2 Å². The van der Waals surface area contributed by atoms with Gasteiger partial charge < -0.3 is 19.6 Å². The van der Waals surface area contributed by atoms with Gasteiger partial charge in [-0.25, -0.2) is 0 Å². The Bertz CT molecular complexity index is 714. The monoisotopic (exact) mass is 390 g/mol. The van der Waals surface area contributed by atoms with Gasteiger partial charge in [-0.2, -0.15) is 0 Å². The number of hydrogen-bond donors (Lipinski definition) is 1. The van der Waals surface area contributed by atoms with Gasteiger partial charge in [-0.15, -0.1) is 0 Å². The number of ether oxygens (including phenoxy) is 1. The van der Waals surface area contributed by atoms with Gasteiger partial charge in [0, 0.05) is 26.1 Å². The van der Waals surface area contributed by atoms with Crippen molar-refractivity contribution in [2.75, 3.05) is 26.7 Å². The maximum absolute atomic E-state index is 13.2. The summed E-state index contributed by atoms with van der Waals surface area (Å²) in [6.45, 7) is 6.02. The summed E-state index contributed by atoms with van der Waals surface area (Å²) in [5.74, 6) is -0.489. The van der Waals surface area contributed by atoms with Crippen LogP contribution >= 0.6 is 0 Å². The van der Waals surface area contributed by atoms with Crippen molar-refractivity contribution in [1.82, 2.24) is 9.80 Å². The molecule has 7 nitrogen and oxygen atoms in total. The van der Waals surface area contributed by atoms with E-state index in [2.05, 4.69) is 0 Å². The zero-order chi connectivity index (χ0) is 20.9. The summed E-state index contributed by atoms with van der Waals surface area (Å²) < 4.78 is 5.19. The number of nitrogens with zero attached hydrogens (tertiary/aromatic N) is 2. The lowest BCUT2D eigenvalue weighted by molar-refractivity contribution is -0.145. The van der Waals surface area contributed by atoms with Crippen LogP contribution in [0.2, 0.25) is 0 Å². The van der Waals surface area contributed by atoms with Crippen molar-refractivity contribution in [2.45, 2.75) is 51.5 Å². The average molecular weight is 390 g/mol. The normalized spacial score (nSPS) is 17.6. The van der Waals surface area contributed by atoms with E-state index in [0.717, 1.165) is 17.7 Å². The summed E-state index contributed by atoms with van der Waals surface area (Å²) in [6.07, 6.45) is 2.01. The van der Waals surface area contributed by atoms with Crippen LogP contribution in [0, 0.1) is 0 Å². The zero-order valence-electron chi connectivity index (χ0n) is 17.1. The quantitative estimate of drug-likeness (QED) is 0.805. The molecule has 154 valence electrons. The van der Waals surface area contributed by atoms with E-state index in [0.29, 0.717) is 25.9 Å². The van der Waals surface area contributed by atoms with Crippen molar-refractivity contribution in [3.63, 3.8) is 0 Å². The van der Waals surface area contributed by atoms with Crippen molar-refractivity contribution in [1.29, 1.82) is 0 Å². The maximum atomic E-state index is 13.2. The molecule has 1 fully saturated rings. The molecule has 1 unspecified atom stereocenters. The molecule has 7 heteroatoms. The minimum atomic E-state index is -1.02. The van der Waals surface area contributed by atoms with E-state index in [9.17, 15) is 14.4 Å². The molecule has 1 N–H and O–H groups in total. The SMILES string of the molecule is COc1ccc(C(C)(C)C(=O)N2CCCC(N(CC(=O)O)C(C)=O)CC2)cc1. The highest BCUT2D eigenvalue weighted by atomic mass is 16.5. The summed E-state index contributed by atoms with van der Waals surface area (Å²) in [5.41, 5.74) is 0.225. The molecule has 0 bridgehead atoms. The van der Waals surface area contributed by atoms with Gasteiger partial charge in [0.1, 0.15) is 12.3 Å². The van der Waals surface area contributed by atoms with Gasteiger partial charge >= 0.3 is 5.97 Å². The third-order valence-corrected chi connectivity index (χ3v) is 5.48. The molecule has 2 rings (SSSR count). The van der Waals surface area contributed by atoms with Crippen molar-refractivity contribution in [3.8, 4) is 5.75 Å². The van der Waals surface area contributed by atoms with Gasteiger partial charge in [0.05, 0.1) is 12.5 Å². The number of benzene rings is 1. The van der Waals surface area contributed by atoms with E-state index in [4.69, 9.17) is 9.84 Å². The number of aliphatic carboxylic acids is 1. The Hall–Kier alpha value is -2.57. The molecule has 0 radical (unpaired) electrons. The van der Waals surface area contributed by atoms with Crippen LogP contribution in [0.1, 0.15) is 45.6 Å². The first-order chi connectivity index (χ1) is 13.2. The Labute approximate surface area is 166 Å². The number of hydrogen-bond acceptors (Lipinski definition) is 4. The number of carbonyl (C=O) groups is 3. The summed E-state index contributed by atoms with van der Waals surface area (Å²) >= 11 is 0. The minimum absolute atomic E-state index is 0.0333. The van der Waals surface area contributed by atoms with Crippen LogP contribution in [0.3, 0.4) is 0 Å². The Morgan fingerprint density at radius 2 is 1.82 bits per heavy atom. The second-order valence-electron chi connectivity index (χ2n) is 7.77. The fraction of sp³-hybridized carbons (Fsp3) is 0.571. The van der Waals surface area contributed by atoms with Crippen LogP contribution < -0.4 is 4.74 Å². The van der Waals surface area contributed by atoms with Gasteiger partial charge in [0.25, 0.3) is 0 Å². The largest absolute Gasteiger partial charge is 0.497 e. The Kier molecular flexibility index (Phi) is 7.05. The number of likely N-dealkylation sites (tertiary alicyclic amines) is 1. The highest BCUT2D eigenvalue weighted by Gasteiger charge is 2.35. The lowest BCUT2D eigenvalue weighted by Crippen LogP contribution is -2.45. The third-order valence-electron chi connectivity index (χ3n) is 5.48. The van der Waals surface area contributed by atoms with Gasteiger partial charge in [-0.3, -0.25) is 14.4 Å². The van der Waals surface area contributed by atoms with E-state index in [1.54, 1.807) is 7.11 Å². The van der Waals surface area contributed by atoms with Gasteiger partial charge in [0.15, 0.2) is 0 Å². The van der Waals surface area contributed by atoms with Crippen molar-refractivity contribution < 1.29 is 24.2 Å². The molecule has 1 heterocycles. The van der Waals surface area contributed by atoms with Crippen molar-refractivity contribution in [2.24, 2.45) is 0 Å². The van der Waals surface area contributed by atoms with Crippen LogP contribution in [0.4, 0.5) is 0 Å². The number of carbonyl (C=O) groups excluding carboxylic acids is 2. The average Bonchev–Trinajstić information content (AvgIpc) is 2.91. The van der Waals surface area contributed by atoms with Crippen molar-refractivity contribution >= 4 is 17.8 Å². The van der Waals surface area contributed by atoms with E-state index >= 15 is 0 Å². The molecule has 0 spiro atoms. The second-order valence-corrected chi connectivity index (χ2v) is 7.77. The second kappa shape index (κ2) is 9.08. The Balaban J connectivity index is 2.10. The van der Waals surface area contributed by atoms with E-state index in [-0.39, 0.29) is 24.4 Å². The highest BCUT2D eigenvalue weighted by Crippen LogP contribution is 2.29. The molecule has 0 aromatic heterocycles. The molecule has 1 atom stereocenters. The van der Waals surface area contributed by atoms with Crippen LogP contribution in [0.25, 0.3) is 0 Å². The van der Waals surface area contributed by atoms with E-state index in [1.807, 2.05) is 43.0 Å². The van der Waals surface area contributed by atoms with Crippen LogP contribution in [-0.2, 0) is 19.8 Å². The number of carboxylic acid groups (broad SMARTS) is 1. The van der Waals surface area contributed by atoms with E-state index < -0.39 is 11.4 Å². The van der Waals surface area contributed by atoms with Crippen LogP contribution in [0.5, 0.6) is 5.75 Å². The van der Waals surface area contributed by atoms with Crippen LogP contribution in [0.15, 0.2) is 24.3 Å². The smallest absolute Gasteiger partial charge is 0.323 e. The molecular formula is C21H30N2O5.